The molecule has 0 aromatic rings. The SMILES string of the molecule is C[C@H]1C=C2C=C[C@H](C)[C@H](CC[C@H]3C[C@@H](O)CC(=O)O3)[C@H]2[C@@H](OC(=O)[C@@H](C)CCB(O)O)C1. The highest BCUT2D eigenvalue weighted by molar-refractivity contribution is 6.40. The molecule has 0 unspecified atom stereocenters. The van der Waals surface area contributed by atoms with E-state index >= 15 is 0 Å². The molecule has 3 N–H and O–H groups in total. The minimum absolute atomic E-state index is 0.0655. The molecule has 7 nitrogen and oxygen atoms in total. The first-order valence-electron chi connectivity index (χ1n) is 12.0. The summed E-state index contributed by atoms with van der Waals surface area (Å²) in [7, 11) is -1.42. The molecular formula is C24H37BO7. The number of hydrogen-bond acceptors (Lipinski definition) is 7. The van der Waals surface area contributed by atoms with Crippen LogP contribution in [-0.4, -0.2) is 52.5 Å². The van der Waals surface area contributed by atoms with Crippen LogP contribution in [-0.2, 0) is 19.1 Å². The third-order valence-corrected chi connectivity index (χ3v) is 7.18. The summed E-state index contributed by atoms with van der Waals surface area (Å²) in [6.07, 6.45) is 8.75. The molecule has 1 heterocycles. The lowest BCUT2D eigenvalue weighted by Gasteiger charge is -2.43. The highest BCUT2D eigenvalue weighted by Crippen LogP contribution is 2.45. The molecule has 8 heteroatoms. The van der Waals surface area contributed by atoms with Gasteiger partial charge in [-0.2, -0.15) is 0 Å². The van der Waals surface area contributed by atoms with Gasteiger partial charge in [-0.25, -0.2) is 0 Å². The largest absolute Gasteiger partial charge is 0.462 e. The van der Waals surface area contributed by atoms with Crippen LogP contribution in [0.15, 0.2) is 23.8 Å². The van der Waals surface area contributed by atoms with Crippen molar-refractivity contribution in [2.75, 3.05) is 0 Å². The summed E-state index contributed by atoms with van der Waals surface area (Å²) in [5.74, 6) is -0.140. The maximum Gasteiger partial charge on any atom is 0.451 e. The maximum absolute atomic E-state index is 12.8. The van der Waals surface area contributed by atoms with Gasteiger partial charge in [-0.15, -0.1) is 0 Å². The Balaban J connectivity index is 1.70. The minimum atomic E-state index is -1.42. The molecule has 3 rings (SSSR count). The van der Waals surface area contributed by atoms with Crippen molar-refractivity contribution in [2.45, 2.75) is 83.9 Å². The average molecular weight is 448 g/mol. The number of carbonyl (C=O) groups excluding carboxylic acids is 2. The third-order valence-electron chi connectivity index (χ3n) is 7.18. The quantitative estimate of drug-likeness (QED) is 0.387. The summed E-state index contributed by atoms with van der Waals surface area (Å²) in [5, 5.41) is 28.1. The average Bonchev–Trinajstić information content (AvgIpc) is 2.70. The third kappa shape index (κ3) is 6.45. The van der Waals surface area contributed by atoms with Gasteiger partial charge in [-0.05, 0) is 55.3 Å². The summed E-state index contributed by atoms with van der Waals surface area (Å²) in [4.78, 5) is 24.5. The monoisotopic (exact) mass is 448 g/mol. The summed E-state index contributed by atoms with van der Waals surface area (Å²) in [6, 6.07) is 0. The lowest BCUT2D eigenvalue weighted by molar-refractivity contribution is -0.162. The van der Waals surface area contributed by atoms with Crippen LogP contribution in [0.1, 0.15) is 59.3 Å². The molecule has 1 fully saturated rings. The fourth-order valence-electron chi connectivity index (χ4n) is 5.42. The van der Waals surface area contributed by atoms with Crippen molar-refractivity contribution in [1.29, 1.82) is 0 Å². The topological polar surface area (TPSA) is 113 Å². The second-order valence-corrected chi connectivity index (χ2v) is 10.0. The number of fused-ring (bicyclic) bond motifs is 1. The van der Waals surface area contributed by atoms with E-state index in [0.717, 1.165) is 12.8 Å². The summed E-state index contributed by atoms with van der Waals surface area (Å²) < 4.78 is 11.5. The number of aliphatic hydroxyl groups is 1. The Morgan fingerprint density at radius 3 is 2.72 bits per heavy atom. The summed E-state index contributed by atoms with van der Waals surface area (Å²) in [6.45, 7) is 6.05. The molecule has 3 aliphatic rings. The van der Waals surface area contributed by atoms with Crippen molar-refractivity contribution in [3.05, 3.63) is 23.8 Å². The molecule has 0 spiro atoms. The molecule has 0 aromatic carbocycles. The molecular weight excluding hydrogens is 411 g/mol. The summed E-state index contributed by atoms with van der Waals surface area (Å²) in [5.41, 5.74) is 1.20. The molecule has 1 aliphatic heterocycles. The number of allylic oxidation sites excluding steroid dienone is 3. The van der Waals surface area contributed by atoms with Crippen LogP contribution in [0, 0.1) is 29.6 Å². The number of cyclic esters (lactones) is 1. The zero-order valence-electron chi connectivity index (χ0n) is 19.4. The molecule has 0 radical (unpaired) electrons. The molecule has 178 valence electrons. The zero-order chi connectivity index (χ0) is 23.4. The van der Waals surface area contributed by atoms with Gasteiger partial charge in [0, 0.05) is 12.3 Å². The van der Waals surface area contributed by atoms with Crippen LogP contribution in [0.4, 0.5) is 0 Å². The van der Waals surface area contributed by atoms with E-state index in [1.165, 1.54) is 5.57 Å². The Hall–Kier alpha value is -1.64. The Morgan fingerprint density at radius 2 is 2.03 bits per heavy atom. The first-order valence-corrected chi connectivity index (χ1v) is 12.0. The minimum Gasteiger partial charge on any atom is -0.462 e. The normalized spacial score (nSPS) is 35.4. The number of ether oxygens (including phenoxy) is 2. The molecule has 32 heavy (non-hydrogen) atoms. The van der Waals surface area contributed by atoms with Gasteiger partial charge in [-0.1, -0.05) is 39.0 Å². The van der Waals surface area contributed by atoms with Gasteiger partial charge in [0.05, 0.1) is 18.4 Å². The molecule has 0 bridgehead atoms. The molecule has 2 aliphatic carbocycles. The van der Waals surface area contributed by atoms with Gasteiger partial charge < -0.3 is 24.6 Å². The van der Waals surface area contributed by atoms with Crippen molar-refractivity contribution in [1.82, 2.24) is 0 Å². The Bertz CT molecular complexity index is 734. The van der Waals surface area contributed by atoms with E-state index in [-0.39, 0.29) is 54.6 Å². The zero-order valence-corrected chi connectivity index (χ0v) is 19.4. The van der Waals surface area contributed by atoms with E-state index in [4.69, 9.17) is 19.5 Å². The molecule has 0 aromatic heterocycles. The first-order chi connectivity index (χ1) is 15.1. The van der Waals surface area contributed by atoms with Gasteiger partial charge in [0.2, 0.25) is 0 Å². The second-order valence-electron chi connectivity index (χ2n) is 10.0. The van der Waals surface area contributed by atoms with Crippen LogP contribution in [0.2, 0.25) is 6.32 Å². The standard InChI is InChI=1S/C24H37BO7/c1-14-10-17-5-4-15(2)20(7-6-19-12-18(26)13-22(27)31-19)23(17)21(11-14)32-24(28)16(3)8-9-25(29)30/h4-5,10,14-16,18-21,23,26,29-30H,6-9,11-13H2,1-3H3/t14-,15-,16-,18+,19-,20-,21-,23-/m0/s1. The fraction of sp³-hybridized carbons (Fsp3) is 0.750. The number of aliphatic hydroxyl groups excluding tert-OH is 1. The lowest BCUT2D eigenvalue weighted by atomic mass is 9.65. The van der Waals surface area contributed by atoms with Gasteiger partial charge in [0.25, 0.3) is 0 Å². The van der Waals surface area contributed by atoms with E-state index in [1.54, 1.807) is 6.92 Å². The maximum atomic E-state index is 12.8. The number of carbonyl (C=O) groups is 2. The van der Waals surface area contributed by atoms with Gasteiger partial charge in [0.15, 0.2) is 0 Å². The smallest absolute Gasteiger partial charge is 0.451 e. The van der Waals surface area contributed by atoms with Crippen molar-refractivity contribution < 1.29 is 34.2 Å². The predicted molar refractivity (Wildman–Crippen MR) is 120 cm³/mol. The van der Waals surface area contributed by atoms with E-state index in [9.17, 15) is 14.7 Å². The van der Waals surface area contributed by atoms with Crippen molar-refractivity contribution in [3.8, 4) is 0 Å². The fourth-order valence-corrected chi connectivity index (χ4v) is 5.42. The first kappa shape index (κ1) is 25.0. The Labute approximate surface area is 191 Å². The van der Waals surface area contributed by atoms with Gasteiger partial charge >= 0.3 is 19.1 Å². The molecule has 0 amide bonds. The highest BCUT2D eigenvalue weighted by atomic mass is 16.6. The van der Waals surface area contributed by atoms with E-state index in [0.29, 0.717) is 25.2 Å². The van der Waals surface area contributed by atoms with Gasteiger partial charge in [0.1, 0.15) is 12.2 Å². The Morgan fingerprint density at radius 1 is 1.28 bits per heavy atom. The highest BCUT2D eigenvalue weighted by Gasteiger charge is 2.42. The van der Waals surface area contributed by atoms with Crippen molar-refractivity contribution in [3.63, 3.8) is 0 Å². The number of hydrogen-bond donors (Lipinski definition) is 3. The predicted octanol–water partition coefficient (Wildman–Crippen LogP) is 2.65. The second kappa shape index (κ2) is 11.0. The van der Waals surface area contributed by atoms with Crippen LogP contribution in [0.3, 0.4) is 0 Å². The molecule has 0 saturated carbocycles. The number of rotatable bonds is 8. The summed E-state index contributed by atoms with van der Waals surface area (Å²) >= 11 is 0. The van der Waals surface area contributed by atoms with Crippen LogP contribution < -0.4 is 0 Å². The van der Waals surface area contributed by atoms with Crippen molar-refractivity contribution in [2.24, 2.45) is 29.6 Å². The Kier molecular flexibility index (Phi) is 8.59. The molecule has 8 atom stereocenters. The van der Waals surface area contributed by atoms with Crippen LogP contribution in [0.25, 0.3) is 0 Å². The van der Waals surface area contributed by atoms with Crippen molar-refractivity contribution >= 4 is 19.1 Å². The van der Waals surface area contributed by atoms with Crippen LogP contribution in [0.5, 0.6) is 0 Å². The van der Waals surface area contributed by atoms with Crippen LogP contribution >= 0.6 is 0 Å². The molecule has 1 saturated heterocycles. The van der Waals surface area contributed by atoms with E-state index in [1.807, 2.05) is 0 Å². The lowest BCUT2D eigenvalue weighted by Crippen LogP contribution is -2.42. The van der Waals surface area contributed by atoms with E-state index < -0.39 is 19.1 Å². The van der Waals surface area contributed by atoms with Gasteiger partial charge in [-0.3, -0.25) is 9.59 Å². The van der Waals surface area contributed by atoms with E-state index in [2.05, 4.69) is 32.1 Å². The number of esters is 2.